The van der Waals surface area contributed by atoms with Gasteiger partial charge in [0, 0.05) is 11.1 Å². The zero-order valence-corrected chi connectivity index (χ0v) is 12.5. The molecule has 0 saturated carbocycles. The molecule has 0 aliphatic heterocycles. The Hall–Kier alpha value is -3.01. The van der Waals surface area contributed by atoms with Crippen molar-refractivity contribution in [2.75, 3.05) is 0 Å². The first-order valence-electron chi connectivity index (χ1n) is 7.15. The highest BCUT2D eigenvalue weighted by atomic mass is 19.1. The zero-order chi connectivity index (χ0) is 16.4. The third-order valence-corrected chi connectivity index (χ3v) is 3.58. The zero-order valence-electron chi connectivity index (χ0n) is 12.5. The number of ketones is 1. The van der Waals surface area contributed by atoms with Crippen molar-refractivity contribution in [3.05, 3.63) is 87.5 Å². The molecular formula is C19H14FNO2. The van der Waals surface area contributed by atoms with Crippen molar-refractivity contribution in [1.82, 2.24) is 4.98 Å². The lowest BCUT2D eigenvalue weighted by Gasteiger charge is -2.01. The molecule has 4 heteroatoms. The van der Waals surface area contributed by atoms with Gasteiger partial charge in [0.25, 0.3) is 5.56 Å². The summed E-state index contributed by atoms with van der Waals surface area (Å²) in [5.74, 6) is -1.06. The van der Waals surface area contributed by atoms with Crippen LogP contribution in [0.25, 0.3) is 17.0 Å². The van der Waals surface area contributed by atoms with Crippen LogP contribution < -0.4 is 5.56 Å². The van der Waals surface area contributed by atoms with Crippen molar-refractivity contribution in [1.29, 1.82) is 0 Å². The van der Waals surface area contributed by atoms with Gasteiger partial charge in [-0.3, -0.25) is 9.59 Å². The number of H-pyrrole nitrogens is 1. The molecule has 3 aromatic rings. The lowest BCUT2D eigenvalue weighted by molar-refractivity contribution is 0.104. The smallest absolute Gasteiger partial charge is 0.255 e. The van der Waals surface area contributed by atoms with E-state index in [-0.39, 0.29) is 11.1 Å². The second-order valence-corrected chi connectivity index (χ2v) is 5.32. The van der Waals surface area contributed by atoms with E-state index in [1.165, 1.54) is 30.4 Å². The molecule has 0 aliphatic carbocycles. The summed E-state index contributed by atoms with van der Waals surface area (Å²) in [4.78, 5) is 26.8. The largest absolute Gasteiger partial charge is 0.321 e. The first kappa shape index (κ1) is 14.9. The molecule has 0 radical (unpaired) electrons. The molecule has 2 aromatic carbocycles. The monoisotopic (exact) mass is 307 g/mol. The number of allylic oxidation sites excluding steroid dienone is 1. The summed E-state index contributed by atoms with van der Waals surface area (Å²) >= 11 is 0. The van der Waals surface area contributed by atoms with Crippen LogP contribution in [0.5, 0.6) is 0 Å². The average Bonchev–Trinajstić information content (AvgIpc) is 2.53. The van der Waals surface area contributed by atoms with Crippen molar-refractivity contribution >= 4 is 22.8 Å². The number of aromatic amines is 1. The van der Waals surface area contributed by atoms with Gasteiger partial charge in [-0.25, -0.2) is 4.39 Å². The summed E-state index contributed by atoms with van der Waals surface area (Å²) in [5, 5.41) is 0.877. The fourth-order valence-electron chi connectivity index (χ4n) is 2.38. The van der Waals surface area contributed by atoms with Gasteiger partial charge in [0.05, 0.1) is 5.56 Å². The Balaban J connectivity index is 1.98. The Morgan fingerprint density at radius 1 is 1.13 bits per heavy atom. The van der Waals surface area contributed by atoms with Crippen LogP contribution >= 0.6 is 0 Å². The van der Waals surface area contributed by atoms with E-state index in [0.717, 1.165) is 16.5 Å². The number of carbonyl (C=O) groups excluding carboxylic acids is 1. The van der Waals surface area contributed by atoms with Crippen molar-refractivity contribution < 1.29 is 9.18 Å². The summed E-state index contributed by atoms with van der Waals surface area (Å²) in [6.07, 6.45) is 2.62. The molecule has 0 fully saturated rings. The average molecular weight is 307 g/mol. The Morgan fingerprint density at radius 3 is 2.70 bits per heavy atom. The number of hydrogen-bond donors (Lipinski definition) is 1. The normalized spacial score (nSPS) is 11.2. The second-order valence-electron chi connectivity index (χ2n) is 5.32. The van der Waals surface area contributed by atoms with Crippen LogP contribution in [-0.2, 0) is 0 Å². The molecule has 1 heterocycles. The number of nitrogens with one attached hydrogen (secondary N) is 1. The number of halogens is 1. The first-order chi connectivity index (χ1) is 11.0. The van der Waals surface area contributed by atoms with Crippen LogP contribution in [0, 0.1) is 12.7 Å². The van der Waals surface area contributed by atoms with Crippen LogP contribution in [0.4, 0.5) is 4.39 Å². The van der Waals surface area contributed by atoms with Gasteiger partial charge in [0.1, 0.15) is 5.82 Å². The van der Waals surface area contributed by atoms with E-state index in [1.54, 1.807) is 12.1 Å². The highest BCUT2D eigenvalue weighted by molar-refractivity contribution is 6.07. The van der Waals surface area contributed by atoms with Gasteiger partial charge in [-0.05, 0) is 54.8 Å². The number of aromatic nitrogens is 1. The van der Waals surface area contributed by atoms with Crippen LogP contribution in [0.1, 0.15) is 21.5 Å². The molecule has 23 heavy (non-hydrogen) atoms. The number of carbonyl (C=O) groups is 1. The van der Waals surface area contributed by atoms with E-state index >= 15 is 0 Å². The van der Waals surface area contributed by atoms with E-state index in [4.69, 9.17) is 0 Å². The topological polar surface area (TPSA) is 49.9 Å². The molecule has 0 bridgehead atoms. The number of aryl methyl sites for hydroxylation is 1. The standard InChI is InChI=1S/C19H14FNO2/c1-12-6-8-17-14(10-12)11-13(19(23)21-17)7-9-18(22)15-4-2-3-5-16(15)20/h2-11H,1H3,(H,21,23)/b9-7+. The number of pyridine rings is 1. The number of benzene rings is 2. The van der Waals surface area contributed by atoms with E-state index in [2.05, 4.69) is 4.98 Å². The maximum absolute atomic E-state index is 13.6. The van der Waals surface area contributed by atoms with E-state index in [0.29, 0.717) is 5.56 Å². The molecule has 3 nitrogen and oxygen atoms in total. The lowest BCUT2D eigenvalue weighted by atomic mass is 10.1. The number of fused-ring (bicyclic) bond motifs is 1. The van der Waals surface area contributed by atoms with Crippen LogP contribution in [0.3, 0.4) is 0 Å². The molecule has 1 aromatic heterocycles. The van der Waals surface area contributed by atoms with Crippen LogP contribution in [0.15, 0.2) is 59.4 Å². The fraction of sp³-hybridized carbons (Fsp3) is 0.0526. The van der Waals surface area contributed by atoms with E-state index < -0.39 is 11.6 Å². The summed E-state index contributed by atoms with van der Waals surface area (Å²) in [7, 11) is 0. The SMILES string of the molecule is Cc1ccc2[nH]c(=O)c(/C=C/C(=O)c3ccccc3F)cc2c1. The van der Waals surface area contributed by atoms with Gasteiger partial charge >= 0.3 is 0 Å². The van der Waals surface area contributed by atoms with Gasteiger partial charge in [-0.1, -0.05) is 23.8 Å². The maximum atomic E-state index is 13.6. The van der Waals surface area contributed by atoms with Gasteiger partial charge < -0.3 is 4.98 Å². The summed E-state index contributed by atoms with van der Waals surface area (Å²) in [6.45, 7) is 1.96. The minimum atomic E-state index is -0.579. The quantitative estimate of drug-likeness (QED) is 0.590. The third-order valence-electron chi connectivity index (χ3n) is 3.58. The molecule has 114 valence electrons. The Kier molecular flexibility index (Phi) is 3.89. The molecule has 3 rings (SSSR count). The summed E-state index contributed by atoms with van der Waals surface area (Å²) in [5.41, 5.74) is 1.85. The predicted octanol–water partition coefficient (Wildman–Crippen LogP) is 3.87. The molecule has 0 aliphatic rings. The van der Waals surface area contributed by atoms with Gasteiger partial charge in [-0.2, -0.15) is 0 Å². The number of hydrogen-bond acceptors (Lipinski definition) is 2. The fourth-order valence-corrected chi connectivity index (χ4v) is 2.38. The van der Waals surface area contributed by atoms with Crippen molar-refractivity contribution in [3.8, 4) is 0 Å². The van der Waals surface area contributed by atoms with E-state index in [1.807, 2.05) is 25.1 Å². The second kappa shape index (κ2) is 6.01. The lowest BCUT2D eigenvalue weighted by Crippen LogP contribution is -2.09. The van der Waals surface area contributed by atoms with Gasteiger partial charge in [0.2, 0.25) is 0 Å². The molecule has 0 spiro atoms. The van der Waals surface area contributed by atoms with Gasteiger partial charge in [-0.15, -0.1) is 0 Å². The number of rotatable bonds is 3. The van der Waals surface area contributed by atoms with Crippen LogP contribution in [-0.4, -0.2) is 10.8 Å². The molecule has 0 saturated heterocycles. The highest BCUT2D eigenvalue weighted by Gasteiger charge is 2.08. The third kappa shape index (κ3) is 3.11. The minimum absolute atomic E-state index is 0.0168. The van der Waals surface area contributed by atoms with Gasteiger partial charge in [0.15, 0.2) is 5.78 Å². The predicted molar refractivity (Wildman–Crippen MR) is 89.1 cm³/mol. The first-order valence-corrected chi connectivity index (χ1v) is 7.15. The minimum Gasteiger partial charge on any atom is -0.321 e. The molecule has 0 amide bonds. The Morgan fingerprint density at radius 2 is 1.91 bits per heavy atom. The molecule has 0 atom stereocenters. The maximum Gasteiger partial charge on any atom is 0.255 e. The Labute approximate surface area is 132 Å². The van der Waals surface area contributed by atoms with Crippen molar-refractivity contribution in [2.24, 2.45) is 0 Å². The summed E-state index contributed by atoms with van der Waals surface area (Å²) in [6, 6.07) is 13.2. The van der Waals surface area contributed by atoms with Crippen molar-refractivity contribution in [2.45, 2.75) is 6.92 Å². The molecule has 1 N–H and O–H groups in total. The summed E-state index contributed by atoms with van der Waals surface area (Å²) < 4.78 is 13.6. The van der Waals surface area contributed by atoms with Crippen LogP contribution in [0.2, 0.25) is 0 Å². The highest BCUT2D eigenvalue weighted by Crippen LogP contribution is 2.14. The van der Waals surface area contributed by atoms with E-state index in [9.17, 15) is 14.0 Å². The molecule has 0 unspecified atom stereocenters. The van der Waals surface area contributed by atoms with Crippen molar-refractivity contribution in [3.63, 3.8) is 0 Å². The molecular weight excluding hydrogens is 293 g/mol. The Bertz CT molecular complexity index is 986.